The Morgan fingerprint density at radius 1 is 1.44 bits per heavy atom. The van der Waals surface area contributed by atoms with Gasteiger partial charge in [-0.3, -0.25) is 0 Å². The fourth-order valence-electron chi connectivity index (χ4n) is 1.10. The van der Waals surface area contributed by atoms with Gasteiger partial charge in [0, 0.05) is 0 Å². The van der Waals surface area contributed by atoms with E-state index in [0.29, 0.717) is 0 Å². The second-order valence-corrected chi connectivity index (χ2v) is 2.53. The summed E-state index contributed by atoms with van der Waals surface area (Å²) < 4.78 is 0. The van der Waals surface area contributed by atoms with E-state index in [1.54, 1.807) is 5.57 Å². The van der Waals surface area contributed by atoms with Gasteiger partial charge in [-0.25, -0.2) is 0 Å². The summed E-state index contributed by atoms with van der Waals surface area (Å²) in [5, 5.41) is 0. The van der Waals surface area contributed by atoms with Gasteiger partial charge in [-0.15, -0.1) is 0 Å². The average Bonchev–Trinajstić information content (AvgIpc) is 1.90. The van der Waals surface area contributed by atoms with Crippen molar-refractivity contribution in [3.05, 3.63) is 11.6 Å². The van der Waals surface area contributed by atoms with Crippen LogP contribution in [0, 0.1) is 5.92 Å². The number of allylic oxidation sites excluding steroid dienone is 2. The first kappa shape index (κ1) is 8.74. The molecular weight excluding hydrogens is 108 g/mol. The molecule has 0 unspecified atom stereocenters. The van der Waals surface area contributed by atoms with Crippen molar-refractivity contribution in [2.75, 3.05) is 0 Å². The topological polar surface area (TPSA) is 0 Å². The molecule has 0 heteroatoms. The van der Waals surface area contributed by atoms with E-state index in [1.807, 2.05) is 0 Å². The highest BCUT2D eigenvalue weighted by Gasteiger charge is 2.00. The monoisotopic (exact) mass is 126 g/mol. The van der Waals surface area contributed by atoms with Gasteiger partial charge >= 0.3 is 0 Å². The predicted octanol–water partition coefficient (Wildman–Crippen LogP) is 3.39. The van der Waals surface area contributed by atoms with E-state index in [9.17, 15) is 0 Å². The van der Waals surface area contributed by atoms with Crippen LogP contribution in [0.5, 0.6) is 0 Å². The lowest BCUT2D eigenvalue weighted by atomic mass is 9.96. The largest absolute Gasteiger partial charge is 0.0882 e. The Morgan fingerprint density at radius 2 is 2.00 bits per heavy atom. The maximum absolute atomic E-state index is 2.29. The zero-order valence-electron chi connectivity index (χ0n) is 7.07. The molecule has 0 bridgehead atoms. The van der Waals surface area contributed by atoms with Crippen molar-refractivity contribution >= 4 is 0 Å². The van der Waals surface area contributed by atoms with Crippen LogP contribution in [0.3, 0.4) is 0 Å². The molecule has 0 aliphatic heterocycles. The summed E-state index contributed by atoms with van der Waals surface area (Å²) >= 11 is 0. The maximum atomic E-state index is 2.29. The summed E-state index contributed by atoms with van der Waals surface area (Å²) in [5.74, 6) is 0.792. The third-order valence-corrected chi connectivity index (χ3v) is 2.02. The molecule has 0 radical (unpaired) electrons. The van der Waals surface area contributed by atoms with Crippen molar-refractivity contribution in [2.45, 2.75) is 40.5 Å². The second-order valence-electron chi connectivity index (χ2n) is 2.53. The molecule has 0 spiro atoms. The Hall–Kier alpha value is -0.260. The summed E-state index contributed by atoms with van der Waals surface area (Å²) in [6.45, 7) is 8.88. The molecule has 0 heterocycles. The molecule has 0 fully saturated rings. The molecule has 0 saturated carbocycles. The third-order valence-electron chi connectivity index (χ3n) is 2.02. The van der Waals surface area contributed by atoms with E-state index in [4.69, 9.17) is 0 Å². The summed E-state index contributed by atoms with van der Waals surface area (Å²) in [7, 11) is 0. The van der Waals surface area contributed by atoms with Gasteiger partial charge < -0.3 is 0 Å². The molecule has 1 atom stereocenters. The first-order chi connectivity index (χ1) is 4.26. The molecular formula is C9H18. The molecule has 0 amide bonds. The highest BCUT2D eigenvalue weighted by molar-refractivity contribution is 5.02. The fourth-order valence-corrected chi connectivity index (χ4v) is 1.10. The lowest BCUT2D eigenvalue weighted by molar-refractivity contribution is 0.632. The molecule has 54 valence electrons. The standard InChI is InChI=1S/C9H18/c1-5-8(4)9(6-2)7-3/h6,8H,5,7H2,1-4H3/b9-6-/t8-/m1/s1. The Bertz CT molecular complexity index is 90.2. The van der Waals surface area contributed by atoms with Gasteiger partial charge in [0.15, 0.2) is 0 Å². The van der Waals surface area contributed by atoms with Crippen LogP contribution in [0.25, 0.3) is 0 Å². The molecule has 0 aliphatic carbocycles. The van der Waals surface area contributed by atoms with E-state index < -0.39 is 0 Å². The van der Waals surface area contributed by atoms with Gasteiger partial charge in [0.05, 0.1) is 0 Å². The highest BCUT2D eigenvalue weighted by atomic mass is 14.1. The minimum absolute atomic E-state index is 0.792. The van der Waals surface area contributed by atoms with Crippen molar-refractivity contribution in [3.63, 3.8) is 0 Å². The Morgan fingerprint density at radius 3 is 2.11 bits per heavy atom. The highest BCUT2D eigenvalue weighted by Crippen LogP contribution is 2.16. The van der Waals surface area contributed by atoms with Crippen LogP contribution >= 0.6 is 0 Å². The molecule has 0 aromatic heterocycles. The summed E-state index contributed by atoms with van der Waals surface area (Å²) in [5.41, 5.74) is 1.59. The van der Waals surface area contributed by atoms with Crippen LogP contribution in [0.15, 0.2) is 11.6 Å². The molecule has 0 saturated heterocycles. The third kappa shape index (κ3) is 2.69. The van der Waals surface area contributed by atoms with Gasteiger partial charge in [-0.1, -0.05) is 32.4 Å². The number of hydrogen-bond donors (Lipinski definition) is 0. The summed E-state index contributed by atoms with van der Waals surface area (Å²) in [4.78, 5) is 0. The zero-order chi connectivity index (χ0) is 7.28. The lowest BCUT2D eigenvalue weighted by Gasteiger charge is -2.10. The predicted molar refractivity (Wildman–Crippen MR) is 43.5 cm³/mol. The van der Waals surface area contributed by atoms with Crippen molar-refractivity contribution < 1.29 is 0 Å². The molecule has 0 aromatic carbocycles. The molecule has 0 aromatic rings. The number of rotatable bonds is 3. The fraction of sp³-hybridized carbons (Fsp3) is 0.778. The molecule has 0 rings (SSSR count). The summed E-state index contributed by atoms with van der Waals surface area (Å²) in [6, 6.07) is 0. The number of hydrogen-bond acceptors (Lipinski definition) is 0. The van der Waals surface area contributed by atoms with E-state index in [0.717, 1.165) is 5.92 Å². The first-order valence-corrected chi connectivity index (χ1v) is 3.91. The van der Waals surface area contributed by atoms with Gasteiger partial charge in [0.25, 0.3) is 0 Å². The van der Waals surface area contributed by atoms with Gasteiger partial charge in [0.1, 0.15) is 0 Å². The summed E-state index contributed by atoms with van der Waals surface area (Å²) in [6.07, 6.45) is 4.73. The molecule has 0 nitrogen and oxygen atoms in total. The average molecular weight is 126 g/mol. The van der Waals surface area contributed by atoms with Gasteiger partial charge in [-0.05, 0) is 25.7 Å². The zero-order valence-corrected chi connectivity index (χ0v) is 7.07. The Labute approximate surface area is 59.0 Å². The quantitative estimate of drug-likeness (QED) is 0.508. The molecule has 0 aliphatic rings. The van der Waals surface area contributed by atoms with Crippen LogP contribution in [0.4, 0.5) is 0 Å². The van der Waals surface area contributed by atoms with Crippen LogP contribution in [-0.2, 0) is 0 Å². The lowest BCUT2D eigenvalue weighted by Crippen LogP contribution is -1.95. The van der Waals surface area contributed by atoms with Crippen molar-refractivity contribution in [1.82, 2.24) is 0 Å². The minimum Gasteiger partial charge on any atom is -0.0882 e. The van der Waals surface area contributed by atoms with E-state index in [2.05, 4.69) is 33.8 Å². The Kier molecular flexibility index (Phi) is 4.47. The van der Waals surface area contributed by atoms with E-state index >= 15 is 0 Å². The van der Waals surface area contributed by atoms with Gasteiger partial charge in [-0.2, -0.15) is 0 Å². The van der Waals surface area contributed by atoms with E-state index in [-0.39, 0.29) is 0 Å². The normalized spacial score (nSPS) is 15.8. The van der Waals surface area contributed by atoms with Crippen LogP contribution in [-0.4, -0.2) is 0 Å². The van der Waals surface area contributed by atoms with Crippen LogP contribution in [0.2, 0.25) is 0 Å². The van der Waals surface area contributed by atoms with Crippen molar-refractivity contribution in [2.24, 2.45) is 5.92 Å². The molecule has 0 N–H and O–H groups in total. The van der Waals surface area contributed by atoms with E-state index in [1.165, 1.54) is 12.8 Å². The van der Waals surface area contributed by atoms with Gasteiger partial charge in [0.2, 0.25) is 0 Å². The van der Waals surface area contributed by atoms with Crippen molar-refractivity contribution in [3.8, 4) is 0 Å². The maximum Gasteiger partial charge on any atom is -0.0235 e. The van der Waals surface area contributed by atoms with Crippen molar-refractivity contribution in [1.29, 1.82) is 0 Å². The Balaban J connectivity index is 3.80. The molecule has 9 heavy (non-hydrogen) atoms. The first-order valence-electron chi connectivity index (χ1n) is 3.91. The smallest absolute Gasteiger partial charge is 0.0235 e. The second kappa shape index (κ2) is 4.60. The minimum atomic E-state index is 0.792. The SMILES string of the molecule is C/C=C(/CC)[C@H](C)CC. The van der Waals surface area contributed by atoms with Crippen LogP contribution in [0.1, 0.15) is 40.5 Å². The van der Waals surface area contributed by atoms with Crippen LogP contribution < -0.4 is 0 Å².